The van der Waals surface area contributed by atoms with E-state index in [9.17, 15) is 4.79 Å². The number of benzene rings is 2. The molecule has 1 heterocycles. The lowest BCUT2D eigenvalue weighted by Crippen LogP contribution is -2.48. The van der Waals surface area contributed by atoms with Gasteiger partial charge in [0.2, 0.25) is 0 Å². The highest BCUT2D eigenvalue weighted by Crippen LogP contribution is 2.30. The molecule has 1 atom stereocenters. The molecule has 1 unspecified atom stereocenters. The van der Waals surface area contributed by atoms with Crippen molar-refractivity contribution in [3.05, 3.63) is 70.7 Å². The Morgan fingerprint density at radius 3 is 2.21 bits per heavy atom. The van der Waals surface area contributed by atoms with Crippen molar-refractivity contribution >= 4 is 17.9 Å². The van der Waals surface area contributed by atoms with Gasteiger partial charge in [-0.25, -0.2) is 0 Å². The van der Waals surface area contributed by atoms with Crippen LogP contribution in [0.2, 0.25) is 5.02 Å². The average Bonchev–Trinajstić information content (AvgIpc) is 2.76. The molecule has 0 bridgehead atoms. The second-order valence-corrected chi connectivity index (χ2v) is 6.92. The van der Waals surface area contributed by atoms with Crippen LogP contribution < -0.4 is 0 Å². The lowest BCUT2D eigenvalue weighted by atomic mass is 9.96. The third-order valence-corrected chi connectivity index (χ3v) is 5.06. The number of ether oxygens (including phenoxy) is 1. The maximum Gasteiger partial charge on any atom is 0.145 e. The molecular weight excluding hydrogens is 376 g/mol. The number of hydrogen-bond acceptors (Lipinski definition) is 5. The van der Waals surface area contributed by atoms with Gasteiger partial charge in [-0.05, 0) is 23.3 Å². The van der Waals surface area contributed by atoms with E-state index in [1.165, 1.54) is 11.1 Å². The number of aldehydes is 1. The van der Waals surface area contributed by atoms with E-state index in [0.717, 1.165) is 51.1 Å². The SMILES string of the molecule is CO.O=CCOCCN1CCN(C(c2ccccc2)c2ccc(Cl)cc2)CC1. The van der Waals surface area contributed by atoms with Gasteiger partial charge >= 0.3 is 0 Å². The van der Waals surface area contributed by atoms with Crippen molar-refractivity contribution in [3.8, 4) is 0 Å². The maximum absolute atomic E-state index is 10.3. The Morgan fingerprint density at radius 1 is 1.00 bits per heavy atom. The van der Waals surface area contributed by atoms with Gasteiger partial charge in [0.05, 0.1) is 12.6 Å². The third kappa shape index (κ3) is 6.69. The molecule has 1 saturated heterocycles. The molecule has 0 amide bonds. The first-order valence-electron chi connectivity index (χ1n) is 9.51. The summed E-state index contributed by atoms with van der Waals surface area (Å²) >= 11 is 6.08. The lowest BCUT2D eigenvalue weighted by molar-refractivity contribution is -0.112. The average molecular weight is 405 g/mol. The van der Waals surface area contributed by atoms with E-state index in [0.29, 0.717) is 6.61 Å². The standard InChI is InChI=1S/C21H25ClN2O2.CH4O/c22-20-8-6-19(7-9-20)21(18-4-2-1-3-5-18)24-12-10-23(11-13-24)14-16-26-17-15-25;1-2/h1-9,15,21H,10-14,16-17H2;2H,1H3. The Morgan fingerprint density at radius 2 is 1.61 bits per heavy atom. The number of halogens is 1. The van der Waals surface area contributed by atoms with Crippen molar-refractivity contribution in [1.82, 2.24) is 9.80 Å². The van der Waals surface area contributed by atoms with Gasteiger partial charge in [0, 0.05) is 44.9 Å². The molecule has 5 nitrogen and oxygen atoms in total. The van der Waals surface area contributed by atoms with Crippen LogP contribution in [0.15, 0.2) is 54.6 Å². The summed E-state index contributed by atoms with van der Waals surface area (Å²) in [6.45, 7) is 5.66. The van der Waals surface area contributed by atoms with Gasteiger partial charge in [0.1, 0.15) is 12.9 Å². The topological polar surface area (TPSA) is 53.0 Å². The Kier molecular flexibility index (Phi) is 10.2. The zero-order chi connectivity index (χ0) is 20.2. The minimum absolute atomic E-state index is 0.187. The van der Waals surface area contributed by atoms with E-state index < -0.39 is 0 Å². The van der Waals surface area contributed by atoms with Crippen LogP contribution in [0, 0.1) is 0 Å². The summed E-state index contributed by atoms with van der Waals surface area (Å²) in [4.78, 5) is 15.2. The molecule has 2 aromatic carbocycles. The first kappa shape index (κ1) is 22.5. The summed E-state index contributed by atoms with van der Waals surface area (Å²) in [7, 11) is 1.00. The summed E-state index contributed by atoms with van der Waals surface area (Å²) in [5.41, 5.74) is 2.57. The predicted molar refractivity (Wildman–Crippen MR) is 113 cm³/mol. The van der Waals surface area contributed by atoms with E-state index in [2.05, 4.69) is 52.3 Å². The molecule has 1 aliphatic rings. The van der Waals surface area contributed by atoms with Crippen molar-refractivity contribution in [2.45, 2.75) is 6.04 Å². The van der Waals surface area contributed by atoms with Gasteiger partial charge in [-0.15, -0.1) is 0 Å². The van der Waals surface area contributed by atoms with Crippen LogP contribution in [0.25, 0.3) is 0 Å². The van der Waals surface area contributed by atoms with Crippen molar-refractivity contribution in [2.75, 3.05) is 53.0 Å². The van der Waals surface area contributed by atoms with E-state index in [-0.39, 0.29) is 12.6 Å². The van der Waals surface area contributed by atoms with Crippen LogP contribution in [0.4, 0.5) is 0 Å². The summed E-state index contributed by atoms with van der Waals surface area (Å²) in [6, 6.07) is 19.1. The predicted octanol–water partition coefficient (Wildman–Crippen LogP) is 2.87. The summed E-state index contributed by atoms with van der Waals surface area (Å²) < 4.78 is 5.27. The van der Waals surface area contributed by atoms with Gasteiger partial charge in [-0.2, -0.15) is 0 Å². The molecule has 0 radical (unpaired) electrons. The highest BCUT2D eigenvalue weighted by atomic mass is 35.5. The number of aliphatic hydroxyl groups is 1. The lowest BCUT2D eigenvalue weighted by Gasteiger charge is -2.39. The summed E-state index contributed by atoms with van der Waals surface area (Å²) in [6.07, 6.45) is 0.800. The van der Waals surface area contributed by atoms with E-state index in [1.807, 2.05) is 12.1 Å². The van der Waals surface area contributed by atoms with Crippen LogP contribution in [0.3, 0.4) is 0 Å². The number of carbonyl (C=O) groups is 1. The first-order valence-corrected chi connectivity index (χ1v) is 9.88. The second-order valence-electron chi connectivity index (χ2n) is 6.48. The smallest absolute Gasteiger partial charge is 0.145 e. The number of rotatable bonds is 8. The quantitative estimate of drug-likeness (QED) is 0.541. The minimum atomic E-state index is 0.187. The monoisotopic (exact) mass is 404 g/mol. The fraction of sp³-hybridized carbons (Fsp3) is 0.409. The van der Waals surface area contributed by atoms with Crippen LogP contribution in [-0.4, -0.2) is 74.2 Å². The van der Waals surface area contributed by atoms with E-state index in [4.69, 9.17) is 21.4 Å². The number of piperazine rings is 1. The van der Waals surface area contributed by atoms with Crippen LogP contribution >= 0.6 is 11.6 Å². The van der Waals surface area contributed by atoms with Gasteiger partial charge < -0.3 is 14.6 Å². The zero-order valence-corrected chi connectivity index (χ0v) is 17.1. The fourth-order valence-electron chi connectivity index (χ4n) is 3.46. The highest BCUT2D eigenvalue weighted by molar-refractivity contribution is 6.30. The summed E-state index contributed by atoms with van der Waals surface area (Å²) in [5, 5.41) is 7.76. The fourth-order valence-corrected chi connectivity index (χ4v) is 3.59. The molecule has 1 fully saturated rings. The van der Waals surface area contributed by atoms with E-state index >= 15 is 0 Å². The molecule has 6 heteroatoms. The summed E-state index contributed by atoms with van der Waals surface area (Å²) in [5.74, 6) is 0. The normalized spacial score (nSPS) is 16.1. The number of hydrogen-bond donors (Lipinski definition) is 1. The highest BCUT2D eigenvalue weighted by Gasteiger charge is 2.26. The van der Waals surface area contributed by atoms with Crippen molar-refractivity contribution in [1.29, 1.82) is 0 Å². The molecule has 0 spiro atoms. The first-order chi connectivity index (χ1) is 13.8. The molecule has 0 aromatic heterocycles. The molecule has 1 aliphatic heterocycles. The molecule has 2 aromatic rings. The molecule has 1 N–H and O–H groups in total. The zero-order valence-electron chi connectivity index (χ0n) is 16.3. The van der Waals surface area contributed by atoms with Crippen molar-refractivity contribution in [3.63, 3.8) is 0 Å². The van der Waals surface area contributed by atoms with Gasteiger partial charge in [0.15, 0.2) is 0 Å². The molecule has 0 aliphatic carbocycles. The van der Waals surface area contributed by atoms with Crippen molar-refractivity contribution in [2.24, 2.45) is 0 Å². The second kappa shape index (κ2) is 12.6. The Hall–Kier alpha value is -1.76. The minimum Gasteiger partial charge on any atom is -0.400 e. The number of nitrogens with zero attached hydrogens (tertiary/aromatic N) is 2. The molecule has 0 saturated carbocycles. The Balaban J connectivity index is 0.00000136. The van der Waals surface area contributed by atoms with E-state index in [1.54, 1.807) is 0 Å². The van der Waals surface area contributed by atoms with Crippen LogP contribution in [0.1, 0.15) is 17.2 Å². The molecule has 152 valence electrons. The number of carbonyl (C=O) groups excluding carboxylic acids is 1. The van der Waals surface area contributed by atoms with Gasteiger partial charge in [-0.1, -0.05) is 54.1 Å². The number of aliphatic hydroxyl groups excluding tert-OH is 1. The Labute approximate surface area is 172 Å². The Bertz CT molecular complexity index is 674. The van der Waals surface area contributed by atoms with Crippen LogP contribution in [0.5, 0.6) is 0 Å². The largest absolute Gasteiger partial charge is 0.400 e. The van der Waals surface area contributed by atoms with Gasteiger partial charge in [0.25, 0.3) is 0 Å². The third-order valence-electron chi connectivity index (χ3n) is 4.81. The maximum atomic E-state index is 10.3. The molecule has 28 heavy (non-hydrogen) atoms. The van der Waals surface area contributed by atoms with Crippen LogP contribution in [-0.2, 0) is 9.53 Å². The van der Waals surface area contributed by atoms with Crippen molar-refractivity contribution < 1.29 is 14.6 Å². The molecule has 3 rings (SSSR count). The molecular formula is C22H29ClN2O3. The van der Waals surface area contributed by atoms with Gasteiger partial charge in [-0.3, -0.25) is 9.80 Å².